The van der Waals surface area contributed by atoms with E-state index in [0.29, 0.717) is 10.6 Å². The summed E-state index contributed by atoms with van der Waals surface area (Å²) in [4.78, 5) is 36.2. The number of hydrogen-bond donors (Lipinski definition) is 1. The molecule has 126 valence electrons. The number of carbonyl (C=O) groups is 3. The number of esters is 1. The normalized spacial score (nSPS) is 11.6. The van der Waals surface area contributed by atoms with Crippen LogP contribution in [0.4, 0.5) is 5.69 Å². The summed E-state index contributed by atoms with van der Waals surface area (Å²) in [6.45, 7) is 3.45. The van der Waals surface area contributed by atoms with Crippen molar-refractivity contribution < 1.29 is 19.1 Å². The molecule has 0 saturated carbocycles. The third kappa shape index (κ3) is 5.31. The number of aryl methyl sites for hydroxylation is 1. The van der Waals surface area contributed by atoms with Gasteiger partial charge in [0.2, 0.25) is 0 Å². The fraction of sp³-hybridized carbons (Fsp3) is 0.278. The second-order valence-electron chi connectivity index (χ2n) is 5.39. The summed E-state index contributed by atoms with van der Waals surface area (Å²) in [5.74, 6) is -1.07. The first-order valence-electron chi connectivity index (χ1n) is 7.59. The van der Waals surface area contributed by atoms with Crippen LogP contribution in [0, 0.1) is 6.92 Å². The molecule has 0 aliphatic rings. The maximum Gasteiger partial charge on any atom is 0.307 e. The maximum absolute atomic E-state index is 12.0. The van der Waals surface area contributed by atoms with Gasteiger partial charge in [0.25, 0.3) is 5.91 Å². The van der Waals surface area contributed by atoms with Crippen molar-refractivity contribution in [3.05, 3.63) is 52.2 Å². The van der Waals surface area contributed by atoms with Crippen molar-refractivity contribution in [3.63, 3.8) is 0 Å². The third-order valence-electron chi connectivity index (χ3n) is 3.35. The molecule has 0 unspecified atom stereocenters. The monoisotopic (exact) mass is 345 g/mol. The fourth-order valence-electron chi connectivity index (χ4n) is 1.97. The van der Waals surface area contributed by atoms with Crippen LogP contribution in [-0.4, -0.2) is 23.8 Å². The SMILES string of the molecule is Cc1ccc(NC(=O)[C@@H](C)OC(=O)CCC(=O)c2cccs2)cc1. The average molecular weight is 345 g/mol. The van der Waals surface area contributed by atoms with Crippen LogP contribution in [0.3, 0.4) is 0 Å². The molecule has 2 aromatic rings. The van der Waals surface area contributed by atoms with E-state index in [1.165, 1.54) is 18.3 Å². The van der Waals surface area contributed by atoms with Crippen molar-refractivity contribution in [1.82, 2.24) is 0 Å². The van der Waals surface area contributed by atoms with Gasteiger partial charge in [0, 0.05) is 12.1 Å². The molecule has 1 N–H and O–H groups in total. The van der Waals surface area contributed by atoms with E-state index in [2.05, 4.69) is 5.32 Å². The van der Waals surface area contributed by atoms with Gasteiger partial charge in [0.15, 0.2) is 11.9 Å². The number of rotatable bonds is 7. The minimum atomic E-state index is -0.921. The van der Waals surface area contributed by atoms with Crippen molar-refractivity contribution >= 4 is 34.7 Å². The predicted molar refractivity (Wildman–Crippen MR) is 93.2 cm³/mol. The van der Waals surface area contributed by atoms with E-state index >= 15 is 0 Å². The molecule has 1 heterocycles. The van der Waals surface area contributed by atoms with E-state index < -0.39 is 18.0 Å². The zero-order chi connectivity index (χ0) is 17.5. The summed E-state index contributed by atoms with van der Waals surface area (Å²) in [6.07, 6.45) is -0.888. The lowest BCUT2D eigenvalue weighted by Gasteiger charge is -2.13. The Hall–Kier alpha value is -2.47. The number of thiophene rings is 1. The highest BCUT2D eigenvalue weighted by atomic mass is 32.1. The van der Waals surface area contributed by atoms with E-state index in [1.807, 2.05) is 24.4 Å². The quantitative estimate of drug-likeness (QED) is 0.615. The minimum absolute atomic E-state index is 0.0428. The molecule has 1 aromatic heterocycles. The average Bonchev–Trinajstić information content (AvgIpc) is 3.09. The Morgan fingerprint density at radius 1 is 1.12 bits per heavy atom. The topological polar surface area (TPSA) is 72.5 Å². The molecule has 0 saturated heterocycles. The van der Waals surface area contributed by atoms with Crippen molar-refractivity contribution in [2.45, 2.75) is 32.8 Å². The Labute approximate surface area is 144 Å². The van der Waals surface area contributed by atoms with E-state index in [4.69, 9.17) is 4.74 Å². The van der Waals surface area contributed by atoms with Crippen LogP contribution in [-0.2, 0) is 14.3 Å². The first kappa shape index (κ1) is 17.9. The van der Waals surface area contributed by atoms with Crippen molar-refractivity contribution in [3.8, 4) is 0 Å². The van der Waals surface area contributed by atoms with Crippen LogP contribution in [0.1, 0.15) is 35.0 Å². The van der Waals surface area contributed by atoms with Crippen LogP contribution in [0.25, 0.3) is 0 Å². The van der Waals surface area contributed by atoms with Gasteiger partial charge in [-0.05, 0) is 37.4 Å². The van der Waals surface area contributed by atoms with Gasteiger partial charge in [-0.2, -0.15) is 0 Å². The Morgan fingerprint density at radius 2 is 1.83 bits per heavy atom. The third-order valence-corrected chi connectivity index (χ3v) is 4.26. The van der Waals surface area contributed by atoms with Crippen LogP contribution >= 0.6 is 11.3 Å². The molecule has 0 aliphatic carbocycles. The number of hydrogen-bond acceptors (Lipinski definition) is 5. The first-order chi connectivity index (χ1) is 11.5. The molecule has 0 spiro atoms. The van der Waals surface area contributed by atoms with Crippen LogP contribution in [0.15, 0.2) is 41.8 Å². The summed E-state index contributed by atoms with van der Waals surface area (Å²) in [5, 5.41) is 4.49. The molecular weight excluding hydrogens is 326 g/mol. The lowest BCUT2D eigenvalue weighted by molar-refractivity contribution is -0.153. The fourth-order valence-corrected chi connectivity index (χ4v) is 2.66. The second kappa shape index (κ2) is 8.40. The Balaban J connectivity index is 1.77. The predicted octanol–water partition coefficient (Wildman–Crippen LogP) is 3.59. The number of Topliss-reactive ketones (excluding diaryl/α,β-unsaturated/α-hetero) is 1. The Bertz CT molecular complexity index is 707. The van der Waals surface area contributed by atoms with Crippen LogP contribution < -0.4 is 5.32 Å². The lowest BCUT2D eigenvalue weighted by Crippen LogP contribution is -2.30. The molecule has 0 bridgehead atoms. The zero-order valence-electron chi connectivity index (χ0n) is 13.6. The second-order valence-corrected chi connectivity index (χ2v) is 6.34. The van der Waals surface area contributed by atoms with E-state index in [0.717, 1.165) is 5.56 Å². The molecule has 0 radical (unpaired) electrons. The number of amides is 1. The molecule has 6 heteroatoms. The number of ketones is 1. The van der Waals surface area contributed by atoms with Gasteiger partial charge < -0.3 is 10.1 Å². The standard InChI is InChI=1S/C18H19NO4S/c1-12-5-7-14(8-6-12)19-18(22)13(2)23-17(21)10-9-15(20)16-4-3-11-24-16/h3-8,11,13H,9-10H2,1-2H3,(H,19,22)/t13-/m1/s1. The highest BCUT2D eigenvalue weighted by Gasteiger charge is 2.19. The number of carbonyl (C=O) groups excluding carboxylic acids is 3. The molecule has 24 heavy (non-hydrogen) atoms. The Morgan fingerprint density at radius 3 is 2.46 bits per heavy atom. The zero-order valence-corrected chi connectivity index (χ0v) is 14.4. The van der Waals surface area contributed by atoms with Gasteiger partial charge in [0.1, 0.15) is 0 Å². The maximum atomic E-state index is 12.0. The van der Waals surface area contributed by atoms with Gasteiger partial charge in [0.05, 0.1) is 11.3 Å². The molecule has 5 nitrogen and oxygen atoms in total. The highest BCUT2D eigenvalue weighted by molar-refractivity contribution is 7.12. The van der Waals surface area contributed by atoms with Gasteiger partial charge >= 0.3 is 5.97 Å². The van der Waals surface area contributed by atoms with Gasteiger partial charge in [-0.25, -0.2) is 0 Å². The van der Waals surface area contributed by atoms with Crippen molar-refractivity contribution in [2.24, 2.45) is 0 Å². The van der Waals surface area contributed by atoms with Crippen LogP contribution in [0.5, 0.6) is 0 Å². The molecule has 0 aliphatic heterocycles. The van der Waals surface area contributed by atoms with Crippen molar-refractivity contribution in [1.29, 1.82) is 0 Å². The highest BCUT2D eigenvalue weighted by Crippen LogP contribution is 2.13. The summed E-state index contributed by atoms with van der Waals surface area (Å²) >= 11 is 1.34. The molecule has 1 atom stereocenters. The number of ether oxygens (including phenoxy) is 1. The summed E-state index contributed by atoms with van der Waals surface area (Å²) in [6, 6.07) is 10.8. The largest absolute Gasteiger partial charge is 0.453 e. The van der Waals surface area contributed by atoms with Crippen LogP contribution in [0.2, 0.25) is 0 Å². The number of benzene rings is 1. The summed E-state index contributed by atoms with van der Waals surface area (Å²) < 4.78 is 5.08. The van der Waals surface area contributed by atoms with Crippen molar-refractivity contribution in [2.75, 3.05) is 5.32 Å². The van der Waals surface area contributed by atoms with E-state index in [-0.39, 0.29) is 18.6 Å². The first-order valence-corrected chi connectivity index (χ1v) is 8.47. The van der Waals surface area contributed by atoms with E-state index in [1.54, 1.807) is 24.3 Å². The van der Waals surface area contributed by atoms with Gasteiger partial charge in [-0.15, -0.1) is 11.3 Å². The number of nitrogens with one attached hydrogen (secondary N) is 1. The minimum Gasteiger partial charge on any atom is -0.453 e. The summed E-state index contributed by atoms with van der Waals surface area (Å²) in [5.41, 5.74) is 1.73. The number of anilines is 1. The van der Waals surface area contributed by atoms with Gasteiger partial charge in [-0.3, -0.25) is 14.4 Å². The molecule has 2 rings (SSSR count). The smallest absolute Gasteiger partial charge is 0.307 e. The molecule has 1 amide bonds. The summed E-state index contributed by atoms with van der Waals surface area (Å²) in [7, 11) is 0. The van der Waals surface area contributed by atoms with E-state index in [9.17, 15) is 14.4 Å². The molecule has 0 fully saturated rings. The molecular formula is C18H19NO4S. The Kier molecular flexibility index (Phi) is 6.26. The lowest BCUT2D eigenvalue weighted by atomic mass is 10.2. The molecule has 1 aromatic carbocycles. The van der Waals surface area contributed by atoms with Gasteiger partial charge in [-0.1, -0.05) is 23.8 Å².